The molecule has 0 aliphatic carbocycles. The molecule has 0 bridgehead atoms. The Labute approximate surface area is 172 Å². The molecule has 1 aliphatic rings. The fourth-order valence-corrected chi connectivity index (χ4v) is 3.94. The van der Waals surface area contributed by atoms with E-state index in [9.17, 15) is 4.79 Å². The molecule has 1 amide bonds. The van der Waals surface area contributed by atoms with Crippen LogP contribution in [0, 0.1) is 5.92 Å². The molecule has 4 rings (SSSR count). The van der Waals surface area contributed by atoms with Crippen molar-refractivity contribution >= 4 is 5.91 Å². The minimum absolute atomic E-state index is 0.0509. The van der Waals surface area contributed by atoms with Gasteiger partial charge in [-0.3, -0.25) is 9.69 Å². The quantitative estimate of drug-likeness (QED) is 0.663. The van der Waals surface area contributed by atoms with E-state index in [1.165, 1.54) is 11.1 Å². The van der Waals surface area contributed by atoms with Gasteiger partial charge in [0.05, 0.1) is 13.2 Å². The molecule has 4 nitrogen and oxygen atoms in total. The molecule has 1 saturated heterocycles. The van der Waals surface area contributed by atoms with Crippen molar-refractivity contribution in [2.45, 2.75) is 6.04 Å². The van der Waals surface area contributed by atoms with Crippen LogP contribution >= 0.6 is 0 Å². The minimum atomic E-state index is -0.0509. The van der Waals surface area contributed by atoms with E-state index >= 15 is 0 Å². The first kappa shape index (κ1) is 19.2. The second-order valence-electron chi connectivity index (χ2n) is 7.49. The van der Waals surface area contributed by atoms with Gasteiger partial charge in [0.15, 0.2) is 0 Å². The number of carbonyl (C=O) groups excluding carboxylic acids is 1. The molecule has 3 aromatic carbocycles. The summed E-state index contributed by atoms with van der Waals surface area (Å²) >= 11 is 0. The lowest BCUT2D eigenvalue weighted by molar-refractivity contribution is 0.0645. The molecule has 0 spiro atoms. The predicted molar refractivity (Wildman–Crippen MR) is 115 cm³/mol. The third-order valence-electron chi connectivity index (χ3n) is 5.46. The average molecular weight is 386 g/mol. The number of hydrogen-bond donors (Lipinski definition) is 1. The maximum atomic E-state index is 12.4. The second-order valence-corrected chi connectivity index (χ2v) is 7.49. The Morgan fingerprint density at radius 2 is 1.59 bits per heavy atom. The van der Waals surface area contributed by atoms with E-state index in [1.807, 2.05) is 18.2 Å². The van der Waals surface area contributed by atoms with Gasteiger partial charge in [-0.15, -0.1) is 0 Å². The molecule has 148 valence electrons. The number of nitrogens with one attached hydrogen (secondary N) is 1. The van der Waals surface area contributed by atoms with Gasteiger partial charge in [-0.25, -0.2) is 0 Å². The highest BCUT2D eigenvalue weighted by Crippen LogP contribution is 2.34. The zero-order valence-electron chi connectivity index (χ0n) is 16.6. The van der Waals surface area contributed by atoms with E-state index in [-0.39, 0.29) is 11.9 Å². The van der Waals surface area contributed by atoms with Gasteiger partial charge in [-0.1, -0.05) is 66.7 Å². The molecule has 0 aromatic heterocycles. The van der Waals surface area contributed by atoms with Crippen LogP contribution < -0.4 is 10.1 Å². The summed E-state index contributed by atoms with van der Waals surface area (Å²) in [6.45, 7) is 2.61. The Morgan fingerprint density at radius 1 is 0.966 bits per heavy atom. The van der Waals surface area contributed by atoms with Crippen LogP contribution in [-0.2, 0) is 0 Å². The molecule has 4 heteroatoms. The number of nitrogens with zero attached hydrogens (tertiary/aromatic N) is 1. The van der Waals surface area contributed by atoms with E-state index in [1.54, 1.807) is 13.2 Å². The first-order valence-electron chi connectivity index (χ1n) is 10.0. The minimum Gasteiger partial charge on any atom is -0.497 e. The Morgan fingerprint density at radius 3 is 2.17 bits per heavy atom. The summed E-state index contributed by atoms with van der Waals surface area (Å²) in [6.07, 6.45) is 0. The SMILES string of the molecule is COc1cccc(C(=O)NCC2CN(C(c3ccccc3)c3ccccc3)C2)c1. The normalized spacial score (nSPS) is 14.4. The number of rotatable bonds is 7. The first-order chi connectivity index (χ1) is 14.2. The third-order valence-corrected chi connectivity index (χ3v) is 5.46. The molecule has 1 fully saturated rings. The van der Waals surface area contributed by atoms with Crippen molar-refractivity contribution in [1.29, 1.82) is 0 Å². The van der Waals surface area contributed by atoms with Crippen LogP contribution in [0.5, 0.6) is 5.75 Å². The summed E-state index contributed by atoms with van der Waals surface area (Å²) < 4.78 is 5.20. The Bertz CT molecular complexity index is 898. The molecule has 1 aliphatic heterocycles. The molecular formula is C25H26N2O2. The van der Waals surface area contributed by atoms with Gasteiger partial charge in [0.2, 0.25) is 0 Å². The lowest BCUT2D eigenvalue weighted by Gasteiger charge is -2.45. The zero-order valence-corrected chi connectivity index (χ0v) is 16.6. The molecule has 1 N–H and O–H groups in total. The van der Waals surface area contributed by atoms with Crippen LogP contribution in [0.3, 0.4) is 0 Å². The van der Waals surface area contributed by atoms with E-state index in [4.69, 9.17) is 4.74 Å². The fraction of sp³-hybridized carbons (Fsp3) is 0.240. The van der Waals surface area contributed by atoms with Crippen molar-refractivity contribution in [1.82, 2.24) is 10.2 Å². The van der Waals surface area contributed by atoms with Crippen LogP contribution in [0.25, 0.3) is 0 Å². The molecule has 0 saturated carbocycles. The van der Waals surface area contributed by atoms with E-state index in [2.05, 4.69) is 70.9 Å². The molecule has 3 aromatic rings. The molecule has 0 unspecified atom stereocenters. The number of likely N-dealkylation sites (tertiary alicyclic amines) is 1. The summed E-state index contributed by atoms with van der Waals surface area (Å²) in [5, 5.41) is 3.07. The van der Waals surface area contributed by atoms with Crippen LogP contribution in [0.15, 0.2) is 84.9 Å². The van der Waals surface area contributed by atoms with Gasteiger partial charge in [0.1, 0.15) is 5.75 Å². The lowest BCUT2D eigenvalue weighted by Crippen LogP contribution is -2.52. The summed E-state index contributed by atoms with van der Waals surface area (Å²) in [5.41, 5.74) is 3.24. The second kappa shape index (κ2) is 8.93. The van der Waals surface area contributed by atoms with Gasteiger partial charge in [-0.05, 0) is 29.3 Å². The van der Waals surface area contributed by atoms with Gasteiger partial charge < -0.3 is 10.1 Å². The van der Waals surface area contributed by atoms with Gasteiger partial charge in [0, 0.05) is 31.1 Å². The fourth-order valence-electron chi connectivity index (χ4n) is 3.94. The standard InChI is InChI=1S/C25H26N2O2/c1-29-23-14-8-13-22(15-23)25(28)26-16-19-17-27(18-19)24(20-9-4-2-5-10-20)21-11-6-3-7-12-21/h2-15,19,24H,16-18H2,1H3,(H,26,28). The van der Waals surface area contributed by atoms with Crippen molar-refractivity contribution < 1.29 is 9.53 Å². The van der Waals surface area contributed by atoms with E-state index in [0.717, 1.165) is 13.1 Å². The Kier molecular flexibility index (Phi) is 5.92. The molecule has 0 atom stereocenters. The highest BCUT2D eigenvalue weighted by Gasteiger charge is 2.34. The number of amides is 1. The molecule has 0 radical (unpaired) electrons. The summed E-state index contributed by atoms with van der Waals surface area (Å²) in [4.78, 5) is 14.9. The number of benzene rings is 3. The van der Waals surface area contributed by atoms with Crippen LogP contribution in [0.4, 0.5) is 0 Å². The van der Waals surface area contributed by atoms with Crippen LogP contribution in [0.2, 0.25) is 0 Å². The molecular weight excluding hydrogens is 360 g/mol. The van der Waals surface area contributed by atoms with Crippen molar-refractivity contribution in [3.63, 3.8) is 0 Å². The molecule has 29 heavy (non-hydrogen) atoms. The maximum absolute atomic E-state index is 12.4. The highest BCUT2D eigenvalue weighted by molar-refractivity contribution is 5.94. The maximum Gasteiger partial charge on any atom is 0.251 e. The smallest absolute Gasteiger partial charge is 0.251 e. The topological polar surface area (TPSA) is 41.6 Å². The van der Waals surface area contributed by atoms with Crippen molar-refractivity contribution in [3.05, 3.63) is 102 Å². The van der Waals surface area contributed by atoms with E-state index < -0.39 is 0 Å². The van der Waals surface area contributed by atoms with E-state index in [0.29, 0.717) is 23.8 Å². The number of ether oxygens (including phenoxy) is 1. The predicted octanol–water partition coefficient (Wildman–Crippen LogP) is 4.15. The summed E-state index contributed by atoms with van der Waals surface area (Å²) in [5.74, 6) is 1.10. The van der Waals surface area contributed by atoms with Gasteiger partial charge in [0.25, 0.3) is 5.91 Å². The van der Waals surface area contributed by atoms with Gasteiger partial charge in [-0.2, -0.15) is 0 Å². The average Bonchev–Trinajstić information content (AvgIpc) is 2.76. The monoisotopic (exact) mass is 386 g/mol. The van der Waals surface area contributed by atoms with Gasteiger partial charge >= 0.3 is 0 Å². The largest absolute Gasteiger partial charge is 0.497 e. The first-order valence-corrected chi connectivity index (χ1v) is 10.0. The molecule has 1 heterocycles. The summed E-state index contributed by atoms with van der Waals surface area (Å²) in [7, 11) is 1.61. The Balaban J connectivity index is 1.37. The number of hydrogen-bond acceptors (Lipinski definition) is 3. The van der Waals surface area contributed by atoms with Crippen molar-refractivity contribution in [2.75, 3.05) is 26.7 Å². The third kappa shape index (κ3) is 4.49. The van der Waals surface area contributed by atoms with Crippen LogP contribution in [-0.4, -0.2) is 37.6 Å². The number of methoxy groups -OCH3 is 1. The lowest BCUT2D eigenvalue weighted by atomic mass is 9.90. The summed E-state index contributed by atoms with van der Waals surface area (Å²) in [6, 6.07) is 28.8. The highest BCUT2D eigenvalue weighted by atomic mass is 16.5. The van der Waals surface area contributed by atoms with Crippen molar-refractivity contribution in [3.8, 4) is 5.75 Å². The zero-order chi connectivity index (χ0) is 20.1. The van der Waals surface area contributed by atoms with Crippen molar-refractivity contribution in [2.24, 2.45) is 5.92 Å². The number of carbonyl (C=O) groups is 1. The Hall–Kier alpha value is -3.11. The van der Waals surface area contributed by atoms with Crippen LogP contribution in [0.1, 0.15) is 27.5 Å².